The van der Waals surface area contributed by atoms with Gasteiger partial charge in [0.1, 0.15) is 0 Å². The van der Waals surface area contributed by atoms with Crippen molar-refractivity contribution in [2.24, 2.45) is 0 Å². The molecular formula is C18H20ClN3O2S. The number of ether oxygens (including phenoxy) is 1. The summed E-state index contributed by atoms with van der Waals surface area (Å²) in [5.41, 5.74) is 1.45. The molecule has 0 spiro atoms. The molecule has 25 heavy (non-hydrogen) atoms. The number of hydrogen-bond acceptors (Lipinski definition) is 5. The molecule has 1 aromatic carbocycles. The number of carbonyl (C=O) groups is 1. The van der Waals surface area contributed by atoms with Gasteiger partial charge in [0.25, 0.3) is 5.91 Å². The zero-order chi connectivity index (χ0) is 17.6. The fourth-order valence-corrected chi connectivity index (χ4v) is 3.28. The SMILES string of the molecule is CSc1ncc(Cl)c(C(=O)N2CCC(OCc3ccccc3)CC2)n1. The van der Waals surface area contributed by atoms with E-state index in [0.29, 0.717) is 29.9 Å². The average Bonchev–Trinajstić information content (AvgIpc) is 2.67. The molecule has 0 radical (unpaired) electrons. The van der Waals surface area contributed by atoms with Crippen LogP contribution in [0.3, 0.4) is 0 Å². The first-order chi connectivity index (χ1) is 12.2. The Balaban J connectivity index is 1.54. The zero-order valence-corrected chi connectivity index (χ0v) is 15.6. The highest BCUT2D eigenvalue weighted by Crippen LogP contribution is 2.21. The van der Waals surface area contributed by atoms with Gasteiger partial charge in [0, 0.05) is 13.1 Å². The van der Waals surface area contributed by atoms with E-state index in [4.69, 9.17) is 16.3 Å². The van der Waals surface area contributed by atoms with Crippen LogP contribution in [0.15, 0.2) is 41.7 Å². The summed E-state index contributed by atoms with van der Waals surface area (Å²) in [7, 11) is 0. The van der Waals surface area contributed by atoms with Crippen LogP contribution in [0.4, 0.5) is 0 Å². The lowest BCUT2D eigenvalue weighted by Crippen LogP contribution is -2.41. The summed E-state index contributed by atoms with van der Waals surface area (Å²) in [6.07, 6.45) is 5.16. The van der Waals surface area contributed by atoms with Gasteiger partial charge in [0.15, 0.2) is 10.9 Å². The van der Waals surface area contributed by atoms with E-state index in [9.17, 15) is 4.79 Å². The lowest BCUT2D eigenvalue weighted by Gasteiger charge is -2.32. The molecule has 3 rings (SSSR count). The molecular weight excluding hydrogens is 358 g/mol. The Hall–Kier alpha value is -1.63. The third-order valence-electron chi connectivity index (χ3n) is 4.16. The minimum atomic E-state index is -0.135. The van der Waals surface area contributed by atoms with Crippen molar-refractivity contribution >= 4 is 29.3 Å². The van der Waals surface area contributed by atoms with Crippen molar-refractivity contribution in [3.05, 3.63) is 52.8 Å². The molecule has 2 aromatic rings. The molecule has 7 heteroatoms. The predicted octanol–water partition coefficient (Wildman–Crippen LogP) is 3.67. The van der Waals surface area contributed by atoms with Crippen molar-refractivity contribution in [3.63, 3.8) is 0 Å². The Kier molecular flexibility index (Phi) is 6.29. The van der Waals surface area contributed by atoms with Crippen molar-refractivity contribution < 1.29 is 9.53 Å². The van der Waals surface area contributed by atoms with Crippen LogP contribution in [0, 0.1) is 0 Å². The molecule has 1 aliphatic rings. The summed E-state index contributed by atoms with van der Waals surface area (Å²) in [4.78, 5) is 22.8. The second kappa shape index (κ2) is 8.65. The molecule has 0 saturated carbocycles. The summed E-state index contributed by atoms with van der Waals surface area (Å²) in [5.74, 6) is -0.135. The van der Waals surface area contributed by atoms with Crippen LogP contribution in [-0.2, 0) is 11.3 Å². The summed E-state index contributed by atoms with van der Waals surface area (Å²) in [6, 6.07) is 10.1. The van der Waals surface area contributed by atoms with Gasteiger partial charge in [-0.3, -0.25) is 4.79 Å². The van der Waals surface area contributed by atoms with Gasteiger partial charge in [-0.15, -0.1) is 0 Å². The molecule has 0 bridgehead atoms. The topological polar surface area (TPSA) is 55.3 Å². The number of likely N-dealkylation sites (tertiary alicyclic amines) is 1. The second-order valence-electron chi connectivity index (χ2n) is 5.84. The standard InChI is InChI=1S/C18H20ClN3O2S/c1-25-18-20-11-15(19)16(21-18)17(23)22-9-7-14(8-10-22)24-12-13-5-3-2-4-6-13/h2-6,11,14H,7-10,12H2,1H3. The maximum Gasteiger partial charge on any atom is 0.274 e. The van der Waals surface area contributed by atoms with E-state index >= 15 is 0 Å². The Bertz CT molecular complexity index is 722. The Morgan fingerprint density at radius 3 is 2.72 bits per heavy atom. The summed E-state index contributed by atoms with van der Waals surface area (Å²) >= 11 is 7.50. The van der Waals surface area contributed by atoms with Gasteiger partial charge in [-0.2, -0.15) is 0 Å². The van der Waals surface area contributed by atoms with Crippen LogP contribution < -0.4 is 0 Å². The van der Waals surface area contributed by atoms with E-state index in [1.54, 1.807) is 4.90 Å². The van der Waals surface area contributed by atoms with Gasteiger partial charge < -0.3 is 9.64 Å². The number of thioether (sulfide) groups is 1. The fraction of sp³-hybridized carbons (Fsp3) is 0.389. The average molecular weight is 378 g/mol. The van der Waals surface area contributed by atoms with Gasteiger partial charge in [-0.25, -0.2) is 9.97 Å². The molecule has 0 atom stereocenters. The molecule has 2 heterocycles. The van der Waals surface area contributed by atoms with Gasteiger partial charge >= 0.3 is 0 Å². The van der Waals surface area contributed by atoms with Gasteiger partial charge in [-0.05, 0) is 24.7 Å². The zero-order valence-electron chi connectivity index (χ0n) is 14.0. The molecule has 1 saturated heterocycles. The number of amides is 1. The third kappa shape index (κ3) is 4.71. The molecule has 0 aliphatic carbocycles. The van der Waals surface area contributed by atoms with Crippen LogP contribution in [0.5, 0.6) is 0 Å². The number of carbonyl (C=O) groups excluding carboxylic acids is 1. The Morgan fingerprint density at radius 2 is 2.04 bits per heavy atom. The molecule has 1 aromatic heterocycles. The van der Waals surface area contributed by atoms with Crippen molar-refractivity contribution in [2.75, 3.05) is 19.3 Å². The highest BCUT2D eigenvalue weighted by Gasteiger charge is 2.26. The van der Waals surface area contributed by atoms with Crippen molar-refractivity contribution in [1.82, 2.24) is 14.9 Å². The fourth-order valence-electron chi connectivity index (χ4n) is 2.76. The van der Waals surface area contributed by atoms with Crippen molar-refractivity contribution in [1.29, 1.82) is 0 Å². The minimum absolute atomic E-state index is 0.135. The van der Waals surface area contributed by atoms with E-state index in [1.807, 2.05) is 24.5 Å². The lowest BCUT2D eigenvalue weighted by atomic mass is 10.1. The van der Waals surface area contributed by atoms with E-state index < -0.39 is 0 Å². The van der Waals surface area contributed by atoms with Gasteiger partial charge in [0.05, 0.1) is 23.9 Å². The van der Waals surface area contributed by atoms with Crippen LogP contribution in [0.1, 0.15) is 28.9 Å². The van der Waals surface area contributed by atoms with Crippen LogP contribution in [-0.4, -0.2) is 46.2 Å². The number of aromatic nitrogens is 2. The van der Waals surface area contributed by atoms with E-state index in [-0.39, 0.29) is 17.7 Å². The summed E-state index contributed by atoms with van der Waals surface area (Å²) < 4.78 is 5.97. The Labute approximate surface area is 156 Å². The summed E-state index contributed by atoms with van der Waals surface area (Å²) in [5, 5.41) is 0.846. The maximum absolute atomic E-state index is 12.7. The molecule has 1 amide bonds. The minimum Gasteiger partial charge on any atom is -0.373 e. The predicted molar refractivity (Wildman–Crippen MR) is 99.0 cm³/mol. The lowest BCUT2D eigenvalue weighted by molar-refractivity contribution is -0.000525. The number of nitrogens with zero attached hydrogens (tertiary/aromatic N) is 3. The molecule has 0 N–H and O–H groups in total. The Morgan fingerprint density at radius 1 is 1.32 bits per heavy atom. The van der Waals surface area contributed by atoms with E-state index in [0.717, 1.165) is 12.8 Å². The maximum atomic E-state index is 12.7. The van der Waals surface area contributed by atoms with Gasteiger partial charge in [-0.1, -0.05) is 53.7 Å². The number of hydrogen-bond donors (Lipinski definition) is 0. The van der Waals surface area contributed by atoms with Crippen molar-refractivity contribution in [2.45, 2.75) is 30.7 Å². The smallest absolute Gasteiger partial charge is 0.274 e. The molecule has 5 nitrogen and oxygen atoms in total. The molecule has 0 unspecified atom stereocenters. The first-order valence-electron chi connectivity index (χ1n) is 8.18. The third-order valence-corrected chi connectivity index (χ3v) is 5.00. The van der Waals surface area contributed by atoms with E-state index in [1.165, 1.54) is 23.5 Å². The second-order valence-corrected chi connectivity index (χ2v) is 7.02. The van der Waals surface area contributed by atoms with Gasteiger partial charge in [0.2, 0.25) is 0 Å². The van der Waals surface area contributed by atoms with E-state index in [2.05, 4.69) is 22.1 Å². The first kappa shape index (κ1) is 18.2. The van der Waals surface area contributed by atoms with Crippen LogP contribution in [0.25, 0.3) is 0 Å². The summed E-state index contributed by atoms with van der Waals surface area (Å²) in [6.45, 7) is 1.90. The number of benzene rings is 1. The van der Waals surface area contributed by atoms with Crippen LogP contribution in [0.2, 0.25) is 5.02 Å². The molecule has 1 fully saturated rings. The first-order valence-corrected chi connectivity index (χ1v) is 9.79. The number of piperidine rings is 1. The number of rotatable bonds is 5. The highest BCUT2D eigenvalue weighted by molar-refractivity contribution is 7.98. The molecule has 132 valence electrons. The molecule has 1 aliphatic heterocycles. The van der Waals surface area contributed by atoms with Crippen LogP contribution >= 0.6 is 23.4 Å². The van der Waals surface area contributed by atoms with Crippen molar-refractivity contribution in [3.8, 4) is 0 Å². The quantitative estimate of drug-likeness (QED) is 0.587. The monoisotopic (exact) mass is 377 g/mol. The normalized spacial score (nSPS) is 15.4. The number of halogens is 1. The largest absolute Gasteiger partial charge is 0.373 e. The highest BCUT2D eigenvalue weighted by atomic mass is 35.5.